The lowest BCUT2D eigenvalue weighted by atomic mass is 9.96. The number of hydrogen-bond acceptors (Lipinski definition) is 3. The molecular weight excluding hydrogens is 320 g/mol. The summed E-state index contributed by atoms with van der Waals surface area (Å²) in [6, 6.07) is 4.40. The van der Waals surface area contributed by atoms with E-state index in [1.54, 1.807) is 0 Å². The number of hydrogen-bond donors (Lipinski definition) is 1. The van der Waals surface area contributed by atoms with E-state index in [1.807, 2.05) is 11.3 Å². The Labute approximate surface area is 129 Å². The van der Waals surface area contributed by atoms with E-state index in [1.165, 1.54) is 34.6 Å². The fraction of sp³-hybridized carbons (Fsp3) is 0.733. The standard InChI is InChI=1S/C15H25BrN2S/c1-15(2,3)17-9-12-5-4-8-18(10-12)11-13-6-7-14(16)19-13/h6-7,12,17H,4-5,8-11H2,1-3H3. The Morgan fingerprint density at radius 1 is 1.42 bits per heavy atom. The van der Waals surface area contributed by atoms with Crippen molar-refractivity contribution in [3.8, 4) is 0 Å². The van der Waals surface area contributed by atoms with E-state index < -0.39 is 0 Å². The van der Waals surface area contributed by atoms with Crippen LogP contribution in [0, 0.1) is 5.92 Å². The fourth-order valence-electron chi connectivity index (χ4n) is 2.57. The molecule has 0 saturated carbocycles. The van der Waals surface area contributed by atoms with Gasteiger partial charge in [-0.05, 0) is 80.7 Å². The molecule has 2 rings (SSSR count). The Hall–Kier alpha value is 0.1000. The monoisotopic (exact) mass is 344 g/mol. The van der Waals surface area contributed by atoms with Crippen LogP contribution in [0.4, 0.5) is 0 Å². The minimum atomic E-state index is 0.237. The zero-order valence-electron chi connectivity index (χ0n) is 12.2. The zero-order valence-corrected chi connectivity index (χ0v) is 14.6. The molecule has 4 heteroatoms. The number of nitrogens with zero attached hydrogens (tertiary/aromatic N) is 1. The summed E-state index contributed by atoms with van der Waals surface area (Å²) in [5.41, 5.74) is 0.237. The summed E-state index contributed by atoms with van der Waals surface area (Å²) < 4.78 is 1.24. The van der Waals surface area contributed by atoms with Gasteiger partial charge in [0.1, 0.15) is 0 Å². The molecule has 0 spiro atoms. The van der Waals surface area contributed by atoms with Gasteiger partial charge in [-0.3, -0.25) is 4.90 Å². The predicted octanol–water partition coefficient (Wildman–Crippen LogP) is 4.11. The van der Waals surface area contributed by atoms with Gasteiger partial charge in [-0.25, -0.2) is 0 Å². The predicted molar refractivity (Wildman–Crippen MR) is 87.8 cm³/mol. The van der Waals surface area contributed by atoms with Gasteiger partial charge in [0.25, 0.3) is 0 Å². The van der Waals surface area contributed by atoms with Crippen LogP contribution in [0.1, 0.15) is 38.5 Å². The van der Waals surface area contributed by atoms with Gasteiger partial charge in [0, 0.05) is 23.5 Å². The second-order valence-corrected chi connectivity index (χ2v) is 9.13. The van der Waals surface area contributed by atoms with Crippen LogP contribution in [-0.2, 0) is 6.54 Å². The maximum Gasteiger partial charge on any atom is 0.0701 e. The largest absolute Gasteiger partial charge is 0.312 e. The van der Waals surface area contributed by atoms with E-state index in [0.717, 1.165) is 19.0 Å². The lowest BCUT2D eigenvalue weighted by Crippen LogP contribution is -2.44. The van der Waals surface area contributed by atoms with E-state index in [2.05, 4.69) is 59.1 Å². The first-order valence-electron chi connectivity index (χ1n) is 7.14. The van der Waals surface area contributed by atoms with Gasteiger partial charge in [0.15, 0.2) is 0 Å². The van der Waals surface area contributed by atoms with Crippen LogP contribution in [0.5, 0.6) is 0 Å². The summed E-state index contributed by atoms with van der Waals surface area (Å²) in [4.78, 5) is 4.08. The Bertz CT molecular complexity index is 397. The first-order valence-corrected chi connectivity index (χ1v) is 8.75. The topological polar surface area (TPSA) is 15.3 Å². The molecule has 19 heavy (non-hydrogen) atoms. The van der Waals surface area contributed by atoms with Gasteiger partial charge in [0.2, 0.25) is 0 Å². The van der Waals surface area contributed by atoms with Gasteiger partial charge >= 0.3 is 0 Å². The third kappa shape index (κ3) is 5.54. The number of thiophene rings is 1. The van der Waals surface area contributed by atoms with E-state index in [4.69, 9.17) is 0 Å². The number of piperidine rings is 1. The van der Waals surface area contributed by atoms with E-state index >= 15 is 0 Å². The van der Waals surface area contributed by atoms with Crippen molar-refractivity contribution in [3.05, 3.63) is 20.8 Å². The van der Waals surface area contributed by atoms with Crippen molar-refractivity contribution in [2.24, 2.45) is 5.92 Å². The number of rotatable bonds is 4. The number of nitrogens with one attached hydrogen (secondary N) is 1. The van der Waals surface area contributed by atoms with Crippen LogP contribution < -0.4 is 5.32 Å². The van der Waals surface area contributed by atoms with Crippen molar-refractivity contribution in [1.29, 1.82) is 0 Å². The van der Waals surface area contributed by atoms with Crippen molar-refractivity contribution in [2.45, 2.75) is 45.7 Å². The fourth-order valence-corrected chi connectivity index (χ4v) is 4.09. The van der Waals surface area contributed by atoms with Crippen LogP contribution in [-0.4, -0.2) is 30.1 Å². The van der Waals surface area contributed by atoms with Crippen molar-refractivity contribution in [2.75, 3.05) is 19.6 Å². The second kappa shape index (κ2) is 6.70. The van der Waals surface area contributed by atoms with E-state index in [0.29, 0.717) is 0 Å². The Kier molecular flexibility index (Phi) is 5.46. The third-order valence-corrected chi connectivity index (χ3v) is 5.14. The van der Waals surface area contributed by atoms with Gasteiger partial charge < -0.3 is 5.32 Å². The molecule has 108 valence electrons. The molecule has 1 aliphatic heterocycles. The molecule has 1 N–H and O–H groups in total. The number of likely N-dealkylation sites (tertiary alicyclic amines) is 1. The van der Waals surface area contributed by atoms with Gasteiger partial charge in [-0.2, -0.15) is 0 Å². The van der Waals surface area contributed by atoms with E-state index in [9.17, 15) is 0 Å². The van der Waals surface area contributed by atoms with Crippen molar-refractivity contribution < 1.29 is 0 Å². The molecule has 0 bridgehead atoms. The van der Waals surface area contributed by atoms with Crippen molar-refractivity contribution >= 4 is 27.3 Å². The molecule has 1 atom stereocenters. The van der Waals surface area contributed by atoms with Gasteiger partial charge in [-0.15, -0.1) is 11.3 Å². The molecule has 1 saturated heterocycles. The van der Waals surface area contributed by atoms with Crippen LogP contribution in [0.2, 0.25) is 0 Å². The molecule has 1 aromatic rings. The molecule has 0 aromatic carbocycles. The highest BCUT2D eigenvalue weighted by atomic mass is 79.9. The van der Waals surface area contributed by atoms with E-state index in [-0.39, 0.29) is 5.54 Å². The summed E-state index contributed by atoms with van der Waals surface area (Å²) in [6.07, 6.45) is 2.71. The summed E-state index contributed by atoms with van der Waals surface area (Å²) in [7, 11) is 0. The maximum atomic E-state index is 3.65. The van der Waals surface area contributed by atoms with Crippen LogP contribution in [0.25, 0.3) is 0 Å². The van der Waals surface area contributed by atoms with Crippen LogP contribution >= 0.6 is 27.3 Å². The zero-order chi connectivity index (χ0) is 13.9. The average Bonchev–Trinajstić information content (AvgIpc) is 2.72. The molecule has 1 aromatic heterocycles. The highest BCUT2D eigenvalue weighted by Crippen LogP contribution is 2.25. The molecule has 2 heterocycles. The molecule has 0 amide bonds. The summed E-state index contributed by atoms with van der Waals surface area (Å²) in [5.74, 6) is 0.802. The molecular formula is C15H25BrN2S. The molecule has 1 unspecified atom stereocenters. The Balaban J connectivity index is 1.80. The molecule has 0 aliphatic carbocycles. The third-order valence-electron chi connectivity index (χ3n) is 3.53. The quantitative estimate of drug-likeness (QED) is 0.883. The van der Waals surface area contributed by atoms with Crippen molar-refractivity contribution in [3.63, 3.8) is 0 Å². The first-order chi connectivity index (χ1) is 8.92. The molecule has 1 aliphatic rings. The Morgan fingerprint density at radius 3 is 2.84 bits per heavy atom. The molecule has 0 radical (unpaired) electrons. The number of halogens is 1. The highest BCUT2D eigenvalue weighted by molar-refractivity contribution is 9.11. The average molecular weight is 345 g/mol. The molecule has 1 fully saturated rings. The SMILES string of the molecule is CC(C)(C)NCC1CCCN(Cc2ccc(Br)s2)C1. The second-order valence-electron chi connectivity index (χ2n) is 6.58. The summed E-state index contributed by atoms with van der Waals surface area (Å²) >= 11 is 5.41. The lowest BCUT2D eigenvalue weighted by molar-refractivity contribution is 0.161. The lowest BCUT2D eigenvalue weighted by Gasteiger charge is -2.34. The highest BCUT2D eigenvalue weighted by Gasteiger charge is 2.21. The maximum absolute atomic E-state index is 3.65. The van der Waals surface area contributed by atoms with Crippen molar-refractivity contribution in [1.82, 2.24) is 10.2 Å². The smallest absolute Gasteiger partial charge is 0.0701 e. The molecule has 2 nitrogen and oxygen atoms in total. The van der Waals surface area contributed by atoms with Crippen LogP contribution in [0.3, 0.4) is 0 Å². The van der Waals surface area contributed by atoms with Crippen LogP contribution in [0.15, 0.2) is 15.9 Å². The summed E-state index contributed by atoms with van der Waals surface area (Å²) in [5, 5.41) is 3.65. The minimum absolute atomic E-state index is 0.237. The normalized spacial score (nSPS) is 21.8. The van der Waals surface area contributed by atoms with Gasteiger partial charge in [0.05, 0.1) is 3.79 Å². The first kappa shape index (κ1) is 15.5. The minimum Gasteiger partial charge on any atom is -0.312 e. The van der Waals surface area contributed by atoms with Gasteiger partial charge in [-0.1, -0.05) is 0 Å². The Morgan fingerprint density at radius 2 is 2.21 bits per heavy atom. The summed E-state index contributed by atoms with van der Waals surface area (Å²) in [6.45, 7) is 11.5.